The Bertz CT molecular complexity index is 399. The van der Waals surface area contributed by atoms with E-state index in [2.05, 4.69) is 42.9 Å². The van der Waals surface area contributed by atoms with E-state index in [-0.39, 0.29) is 0 Å². The van der Waals surface area contributed by atoms with Gasteiger partial charge in [0.2, 0.25) is 0 Å². The highest BCUT2D eigenvalue weighted by Crippen LogP contribution is 2.31. The quantitative estimate of drug-likeness (QED) is 0.820. The number of anilines is 1. The van der Waals surface area contributed by atoms with E-state index in [0.29, 0.717) is 18.0 Å². The number of rotatable bonds is 7. The Morgan fingerprint density at radius 1 is 1.26 bits per heavy atom. The van der Waals surface area contributed by atoms with Crippen LogP contribution in [0.2, 0.25) is 0 Å². The average Bonchev–Trinajstić information content (AvgIpc) is 3.18. The molecule has 1 saturated carbocycles. The van der Waals surface area contributed by atoms with Crippen LogP contribution in [0.3, 0.4) is 0 Å². The fraction of sp³-hybridized carbons (Fsp3) is 0.733. The van der Waals surface area contributed by atoms with Crippen LogP contribution in [0.4, 0.5) is 5.82 Å². The van der Waals surface area contributed by atoms with Crippen LogP contribution in [0.5, 0.6) is 0 Å². The van der Waals surface area contributed by atoms with Crippen molar-refractivity contribution in [3.8, 4) is 0 Å². The van der Waals surface area contributed by atoms with Crippen LogP contribution in [-0.4, -0.2) is 28.6 Å². The van der Waals surface area contributed by atoms with E-state index in [4.69, 9.17) is 4.98 Å². The lowest BCUT2D eigenvalue weighted by Crippen LogP contribution is -2.31. The Kier molecular flexibility index (Phi) is 4.75. The highest BCUT2D eigenvalue weighted by molar-refractivity contribution is 5.39. The topological polar surface area (TPSA) is 41.1 Å². The third kappa shape index (κ3) is 4.46. The van der Waals surface area contributed by atoms with Crippen LogP contribution >= 0.6 is 0 Å². The molecule has 0 atom stereocenters. The summed E-state index contributed by atoms with van der Waals surface area (Å²) >= 11 is 0. The Hall–Kier alpha value is -1.16. The lowest BCUT2D eigenvalue weighted by molar-refractivity contribution is 0.575. The molecule has 1 heterocycles. The van der Waals surface area contributed by atoms with E-state index < -0.39 is 0 Å². The van der Waals surface area contributed by atoms with Gasteiger partial charge in [-0.25, -0.2) is 4.98 Å². The Balaban J connectivity index is 2.06. The predicted octanol–water partition coefficient (Wildman–Crippen LogP) is 2.60. The molecule has 19 heavy (non-hydrogen) atoms. The Labute approximate surface area is 116 Å². The van der Waals surface area contributed by atoms with Gasteiger partial charge in [-0.2, -0.15) is 0 Å². The van der Waals surface area contributed by atoms with Crippen LogP contribution in [0.25, 0.3) is 0 Å². The first-order valence-corrected chi connectivity index (χ1v) is 7.37. The summed E-state index contributed by atoms with van der Waals surface area (Å²) in [5.41, 5.74) is 1.03. The van der Waals surface area contributed by atoms with Gasteiger partial charge in [0.1, 0.15) is 5.82 Å². The molecule has 106 valence electrons. The fourth-order valence-corrected chi connectivity index (χ4v) is 2.14. The molecular weight excluding hydrogens is 236 g/mol. The van der Waals surface area contributed by atoms with E-state index in [9.17, 15) is 0 Å². The van der Waals surface area contributed by atoms with Crippen molar-refractivity contribution in [3.05, 3.63) is 18.1 Å². The molecule has 4 nitrogen and oxygen atoms in total. The molecule has 0 saturated heterocycles. The van der Waals surface area contributed by atoms with Gasteiger partial charge in [0.15, 0.2) is 0 Å². The first-order chi connectivity index (χ1) is 9.06. The van der Waals surface area contributed by atoms with E-state index in [1.54, 1.807) is 0 Å². The summed E-state index contributed by atoms with van der Waals surface area (Å²) < 4.78 is 0. The molecule has 2 rings (SSSR count). The second-order valence-electron chi connectivity index (χ2n) is 6.18. The molecule has 1 aliphatic rings. The van der Waals surface area contributed by atoms with Crippen molar-refractivity contribution in [3.63, 3.8) is 0 Å². The molecule has 0 bridgehead atoms. The molecule has 0 aromatic carbocycles. The summed E-state index contributed by atoms with van der Waals surface area (Å²) in [6.45, 7) is 10.7. The highest BCUT2D eigenvalue weighted by Gasteiger charge is 2.30. The van der Waals surface area contributed by atoms with Gasteiger partial charge in [-0.3, -0.25) is 4.98 Å². The van der Waals surface area contributed by atoms with Crippen LogP contribution in [-0.2, 0) is 6.54 Å². The van der Waals surface area contributed by atoms with Gasteiger partial charge in [-0.05, 0) is 18.8 Å². The van der Waals surface area contributed by atoms with E-state index in [0.717, 1.165) is 24.6 Å². The summed E-state index contributed by atoms with van der Waals surface area (Å²) in [5.74, 6) is 1.69. The summed E-state index contributed by atoms with van der Waals surface area (Å²) in [5, 5.41) is 3.39. The van der Waals surface area contributed by atoms with Crippen LogP contribution < -0.4 is 10.2 Å². The molecule has 1 fully saturated rings. The van der Waals surface area contributed by atoms with Crippen LogP contribution in [0, 0.1) is 5.92 Å². The molecule has 0 unspecified atom stereocenters. The lowest BCUT2D eigenvalue weighted by Gasteiger charge is -2.25. The van der Waals surface area contributed by atoms with Gasteiger partial charge in [0.25, 0.3) is 0 Å². The van der Waals surface area contributed by atoms with Crippen molar-refractivity contribution < 1.29 is 0 Å². The van der Waals surface area contributed by atoms with Crippen molar-refractivity contribution >= 4 is 5.82 Å². The average molecular weight is 262 g/mol. The van der Waals surface area contributed by atoms with Gasteiger partial charge in [-0.15, -0.1) is 0 Å². The summed E-state index contributed by atoms with van der Waals surface area (Å²) in [4.78, 5) is 11.5. The molecule has 1 aromatic heterocycles. The van der Waals surface area contributed by atoms with Gasteiger partial charge < -0.3 is 10.2 Å². The SMILES string of the molecule is CC(C)CN(c1cncc(CNC(C)C)n1)C1CC1. The number of hydrogen-bond donors (Lipinski definition) is 1. The summed E-state index contributed by atoms with van der Waals surface area (Å²) in [6.07, 6.45) is 6.35. The molecule has 4 heteroatoms. The number of aromatic nitrogens is 2. The van der Waals surface area contributed by atoms with Gasteiger partial charge >= 0.3 is 0 Å². The number of nitrogens with one attached hydrogen (secondary N) is 1. The molecule has 1 aromatic rings. The van der Waals surface area contributed by atoms with Crippen molar-refractivity contribution in [1.82, 2.24) is 15.3 Å². The first-order valence-electron chi connectivity index (χ1n) is 7.37. The van der Waals surface area contributed by atoms with Gasteiger partial charge in [0.05, 0.1) is 11.9 Å². The van der Waals surface area contributed by atoms with E-state index in [1.807, 2.05) is 12.4 Å². The van der Waals surface area contributed by atoms with E-state index >= 15 is 0 Å². The van der Waals surface area contributed by atoms with Crippen molar-refractivity contribution in [2.45, 2.75) is 59.2 Å². The third-order valence-electron chi connectivity index (χ3n) is 3.21. The second-order valence-corrected chi connectivity index (χ2v) is 6.18. The van der Waals surface area contributed by atoms with Gasteiger partial charge in [0, 0.05) is 31.4 Å². The highest BCUT2D eigenvalue weighted by atomic mass is 15.2. The molecule has 1 N–H and O–H groups in total. The molecule has 1 aliphatic carbocycles. The normalized spacial score (nSPS) is 15.3. The van der Waals surface area contributed by atoms with Crippen LogP contribution in [0.15, 0.2) is 12.4 Å². The minimum absolute atomic E-state index is 0.473. The molecule has 0 aliphatic heterocycles. The molecule has 0 spiro atoms. The van der Waals surface area contributed by atoms with Crippen molar-refractivity contribution in [2.75, 3.05) is 11.4 Å². The molecule has 0 radical (unpaired) electrons. The maximum atomic E-state index is 4.76. The zero-order valence-electron chi connectivity index (χ0n) is 12.6. The third-order valence-corrected chi connectivity index (χ3v) is 3.21. The van der Waals surface area contributed by atoms with Gasteiger partial charge in [-0.1, -0.05) is 27.7 Å². The maximum absolute atomic E-state index is 4.76. The maximum Gasteiger partial charge on any atom is 0.147 e. The first kappa shape index (κ1) is 14.3. The lowest BCUT2D eigenvalue weighted by atomic mass is 10.2. The standard InChI is InChI=1S/C15H26N4/c1-11(2)10-19(14-5-6-14)15-9-16-7-13(18-15)8-17-12(3)4/h7,9,11-12,14,17H,5-6,8,10H2,1-4H3. The molecular formula is C15H26N4. The van der Waals surface area contributed by atoms with Crippen LogP contribution in [0.1, 0.15) is 46.2 Å². The number of nitrogens with zero attached hydrogens (tertiary/aromatic N) is 3. The smallest absolute Gasteiger partial charge is 0.147 e. The number of hydrogen-bond acceptors (Lipinski definition) is 4. The summed E-state index contributed by atoms with van der Waals surface area (Å²) in [6, 6.07) is 1.16. The predicted molar refractivity (Wildman–Crippen MR) is 79.2 cm³/mol. The Morgan fingerprint density at radius 3 is 2.58 bits per heavy atom. The van der Waals surface area contributed by atoms with Crippen molar-refractivity contribution in [1.29, 1.82) is 0 Å². The van der Waals surface area contributed by atoms with Crippen molar-refractivity contribution in [2.24, 2.45) is 5.92 Å². The zero-order valence-corrected chi connectivity index (χ0v) is 12.6. The summed E-state index contributed by atoms with van der Waals surface area (Å²) in [7, 11) is 0. The minimum Gasteiger partial charge on any atom is -0.352 e. The Morgan fingerprint density at radius 2 is 2.00 bits per heavy atom. The largest absolute Gasteiger partial charge is 0.352 e. The minimum atomic E-state index is 0.473. The van der Waals surface area contributed by atoms with E-state index in [1.165, 1.54) is 12.8 Å². The zero-order chi connectivity index (χ0) is 13.8. The monoisotopic (exact) mass is 262 g/mol. The second kappa shape index (κ2) is 6.33. The molecule has 0 amide bonds. The fourth-order valence-electron chi connectivity index (χ4n) is 2.14.